The zero-order valence-electron chi connectivity index (χ0n) is 23.3. The highest BCUT2D eigenvalue weighted by atomic mass is 16.5. The van der Waals surface area contributed by atoms with Gasteiger partial charge in [0, 0.05) is 24.5 Å². The quantitative estimate of drug-likeness (QED) is 0.283. The molecule has 4 aliphatic carbocycles. The van der Waals surface area contributed by atoms with Gasteiger partial charge < -0.3 is 25.2 Å². The Morgan fingerprint density at radius 2 is 1.81 bits per heavy atom. The molecule has 4 aliphatic rings. The summed E-state index contributed by atoms with van der Waals surface area (Å²) in [5, 5.41) is 41.9. The third-order valence-corrected chi connectivity index (χ3v) is 10.9. The Morgan fingerprint density at radius 3 is 2.47 bits per heavy atom. The van der Waals surface area contributed by atoms with Gasteiger partial charge in [-0.2, -0.15) is 0 Å². The van der Waals surface area contributed by atoms with Gasteiger partial charge in [-0.15, -0.1) is 0 Å². The molecule has 36 heavy (non-hydrogen) atoms. The van der Waals surface area contributed by atoms with E-state index in [2.05, 4.69) is 52.0 Å². The van der Waals surface area contributed by atoms with Crippen LogP contribution in [0.25, 0.3) is 0 Å². The van der Waals surface area contributed by atoms with E-state index < -0.39 is 29.3 Å². The second kappa shape index (κ2) is 10.3. The van der Waals surface area contributed by atoms with E-state index in [0.717, 1.165) is 18.4 Å². The predicted octanol–water partition coefficient (Wildman–Crippen LogP) is 4.79. The fraction of sp³-hybridized carbons (Fsp3) is 0.806. The van der Waals surface area contributed by atoms with E-state index in [0.29, 0.717) is 37.2 Å². The van der Waals surface area contributed by atoms with Crippen molar-refractivity contribution in [2.24, 2.45) is 40.4 Å². The first kappa shape index (κ1) is 28.0. The Balaban J connectivity index is 1.56. The Hall–Kier alpha value is -0.980. The number of hydrogen-bond donors (Lipinski definition) is 4. The number of hydrogen-bond acceptors (Lipinski definition) is 5. The third-order valence-electron chi connectivity index (χ3n) is 10.9. The van der Waals surface area contributed by atoms with Gasteiger partial charge in [-0.3, -0.25) is 0 Å². The summed E-state index contributed by atoms with van der Waals surface area (Å²) in [7, 11) is 0. The van der Waals surface area contributed by atoms with E-state index in [-0.39, 0.29) is 23.9 Å². The highest BCUT2D eigenvalue weighted by Crippen LogP contribution is 2.66. The van der Waals surface area contributed by atoms with Crippen LogP contribution in [0.15, 0.2) is 35.5 Å². The van der Waals surface area contributed by atoms with Crippen molar-refractivity contribution < 1.29 is 25.2 Å². The zero-order chi connectivity index (χ0) is 26.5. The normalized spacial score (nSPS) is 42.3. The Labute approximate surface area is 218 Å². The minimum absolute atomic E-state index is 0.0442. The summed E-state index contributed by atoms with van der Waals surface area (Å²) in [4.78, 5) is 0. The maximum absolute atomic E-state index is 11.6. The molecule has 0 amide bonds. The standard InChI is InChI=1S/C31H50O5/c1-19(8-9-20(2)29(3,4)35)23-12-13-24-22-11-10-21-18-26(33)27(36-17-7-16-32)28(34)31(21,6)25(22)14-15-30(23,24)5/h8-11,19-20,23-28,32-35H,7,12-18H2,1-6H3/t19-,20+,23-,24+,25-,26-,27-,28+,30-,31-/m1/s1. The van der Waals surface area contributed by atoms with Crippen molar-refractivity contribution in [2.75, 3.05) is 13.2 Å². The summed E-state index contributed by atoms with van der Waals surface area (Å²) < 4.78 is 5.93. The van der Waals surface area contributed by atoms with Crippen molar-refractivity contribution in [1.29, 1.82) is 0 Å². The van der Waals surface area contributed by atoms with Gasteiger partial charge in [-0.1, -0.05) is 63.1 Å². The van der Waals surface area contributed by atoms with Gasteiger partial charge >= 0.3 is 0 Å². The molecule has 0 unspecified atom stereocenters. The Morgan fingerprint density at radius 1 is 1.08 bits per heavy atom. The summed E-state index contributed by atoms with van der Waals surface area (Å²) in [6.07, 6.45) is 12.5. The lowest BCUT2D eigenvalue weighted by atomic mass is 9.49. The van der Waals surface area contributed by atoms with Crippen molar-refractivity contribution in [3.63, 3.8) is 0 Å². The van der Waals surface area contributed by atoms with Crippen LogP contribution in [-0.2, 0) is 4.74 Å². The molecule has 5 heteroatoms. The molecule has 204 valence electrons. The molecule has 0 radical (unpaired) electrons. The molecule has 10 atom stereocenters. The molecule has 5 nitrogen and oxygen atoms in total. The van der Waals surface area contributed by atoms with Gasteiger partial charge in [0.15, 0.2) is 0 Å². The Bertz CT molecular complexity index is 884. The molecule has 3 fully saturated rings. The van der Waals surface area contributed by atoms with Crippen LogP contribution in [0.4, 0.5) is 0 Å². The first-order valence-corrected chi connectivity index (χ1v) is 14.3. The van der Waals surface area contributed by atoms with Crippen molar-refractivity contribution in [2.45, 2.75) is 104 Å². The van der Waals surface area contributed by atoms with Crippen LogP contribution in [0.5, 0.6) is 0 Å². The molecule has 0 spiro atoms. The van der Waals surface area contributed by atoms with Crippen LogP contribution >= 0.6 is 0 Å². The molecule has 4 rings (SSSR count). The van der Waals surface area contributed by atoms with Crippen molar-refractivity contribution >= 4 is 0 Å². The summed E-state index contributed by atoms with van der Waals surface area (Å²) in [6, 6.07) is 0. The van der Waals surface area contributed by atoms with Crippen LogP contribution in [-0.4, -0.2) is 57.6 Å². The van der Waals surface area contributed by atoms with E-state index in [1.54, 1.807) is 0 Å². The number of ether oxygens (including phenoxy) is 1. The average molecular weight is 503 g/mol. The van der Waals surface area contributed by atoms with Crippen LogP contribution in [0.1, 0.15) is 80.1 Å². The van der Waals surface area contributed by atoms with Gasteiger partial charge in [-0.05, 0) is 81.5 Å². The lowest BCUT2D eigenvalue weighted by molar-refractivity contribution is -0.162. The topological polar surface area (TPSA) is 90.2 Å². The number of rotatable bonds is 8. The van der Waals surface area contributed by atoms with Gasteiger partial charge in [0.25, 0.3) is 0 Å². The molecule has 0 bridgehead atoms. The molecular weight excluding hydrogens is 452 g/mol. The largest absolute Gasteiger partial charge is 0.396 e. The number of fused-ring (bicyclic) bond motifs is 5. The summed E-state index contributed by atoms with van der Waals surface area (Å²) in [5.74, 6) is 1.93. The smallest absolute Gasteiger partial charge is 0.110 e. The molecule has 0 saturated heterocycles. The average Bonchev–Trinajstić information content (AvgIpc) is 3.17. The molecule has 4 N–H and O–H groups in total. The van der Waals surface area contributed by atoms with Gasteiger partial charge in [-0.25, -0.2) is 0 Å². The lowest BCUT2D eigenvalue weighted by Gasteiger charge is -2.57. The van der Waals surface area contributed by atoms with Gasteiger partial charge in [0.05, 0.1) is 17.8 Å². The van der Waals surface area contributed by atoms with Crippen LogP contribution in [0, 0.1) is 40.4 Å². The summed E-state index contributed by atoms with van der Waals surface area (Å²) >= 11 is 0. The summed E-state index contributed by atoms with van der Waals surface area (Å²) in [6.45, 7) is 13.2. The van der Waals surface area contributed by atoms with Crippen LogP contribution in [0.2, 0.25) is 0 Å². The summed E-state index contributed by atoms with van der Waals surface area (Å²) in [5.41, 5.74) is 1.72. The zero-order valence-corrected chi connectivity index (χ0v) is 23.3. The number of allylic oxidation sites excluding steroid dienone is 4. The molecule has 0 aliphatic heterocycles. The fourth-order valence-corrected chi connectivity index (χ4v) is 8.15. The minimum atomic E-state index is -0.772. The van der Waals surface area contributed by atoms with E-state index >= 15 is 0 Å². The van der Waals surface area contributed by atoms with Crippen LogP contribution < -0.4 is 0 Å². The highest BCUT2D eigenvalue weighted by Gasteiger charge is 2.60. The number of aliphatic hydroxyl groups is 4. The molecule has 0 aromatic rings. The van der Waals surface area contributed by atoms with E-state index in [4.69, 9.17) is 9.84 Å². The van der Waals surface area contributed by atoms with Gasteiger partial charge in [0.1, 0.15) is 6.10 Å². The fourth-order valence-electron chi connectivity index (χ4n) is 8.15. The second-order valence-corrected chi connectivity index (χ2v) is 13.3. The second-order valence-electron chi connectivity index (χ2n) is 13.3. The monoisotopic (exact) mass is 502 g/mol. The predicted molar refractivity (Wildman–Crippen MR) is 143 cm³/mol. The highest BCUT2D eigenvalue weighted by molar-refractivity contribution is 5.41. The maximum atomic E-state index is 11.6. The molecule has 0 heterocycles. The van der Waals surface area contributed by atoms with Crippen molar-refractivity contribution in [3.8, 4) is 0 Å². The van der Waals surface area contributed by atoms with E-state index in [1.165, 1.54) is 18.4 Å². The Kier molecular flexibility index (Phi) is 8.02. The first-order valence-electron chi connectivity index (χ1n) is 14.3. The molecular formula is C31H50O5. The molecule has 3 saturated carbocycles. The van der Waals surface area contributed by atoms with Crippen LogP contribution in [0.3, 0.4) is 0 Å². The molecule has 0 aromatic heterocycles. The first-order chi connectivity index (χ1) is 16.9. The molecule has 0 aromatic carbocycles. The van der Waals surface area contributed by atoms with E-state index in [1.807, 2.05) is 13.8 Å². The van der Waals surface area contributed by atoms with Crippen molar-refractivity contribution in [1.82, 2.24) is 0 Å². The van der Waals surface area contributed by atoms with E-state index in [9.17, 15) is 15.3 Å². The number of aliphatic hydroxyl groups excluding tert-OH is 3. The van der Waals surface area contributed by atoms with Crippen molar-refractivity contribution in [3.05, 3.63) is 35.5 Å². The third kappa shape index (κ3) is 4.68. The lowest BCUT2D eigenvalue weighted by Crippen LogP contribution is -2.59. The minimum Gasteiger partial charge on any atom is -0.396 e. The SMILES string of the molecule is C[C@H](C=C[C@H](C)C(C)(C)O)[C@H]1CC[C@H]2C3=CC=C4C[C@@H](O)[C@@H](OCCCO)[C@H](O)[C@@]4(C)[C@@H]3CC[C@]12C. The van der Waals surface area contributed by atoms with Gasteiger partial charge in [0.2, 0.25) is 0 Å². The maximum Gasteiger partial charge on any atom is 0.110 e.